The average Bonchev–Trinajstić information content (AvgIpc) is 3.29. The molecule has 2 aliphatic heterocycles. The Morgan fingerprint density at radius 3 is 2.16 bits per heavy atom. The number of hydrogen-bond donors (Lipinski definition) is 0. The molecule has 0 unspecified atom stereocenters. The summed E-state index contributed by atoms with van der Waals surface area (Å²) in [6.07, 6.45) is 3.85. The maximum absolute atomic E-state index is 14.5. The lowest BCUT2D eigenvalue weighted by atomic mass is 9.63. The highest BCUT2D eigenvalue weighted by Crippen LogP contribution is 2.61. The Morgan fingerprint density at radius 2 is 1.57 bits per heavy atom. The third-order valence-electron chi connectivity index (χ3n) is 8.00. The summed E-state index contributed by atoms with van der Waals surface area (Å²) < 4.78 is 0.881. The molecule has 1 saturated heterocycles. The number of anilines is 1. The predicted octanol–water partition coefficient (Wildman–Crippen LogP) is 7.15. The first kappa shape index (κ1) is 24.3. The molecule has 0 radical (unpaired) electrons. The van der Waals surface area contributed by atoms with Gasteiger partial charge < -0.3 is 4.90 Å². The number of halogens is 2. The molecule has 4 nitrogen and oxygen atoms in total. The summed E-state index contributed by atoms with van der Waals surface area (Å²) in [6, 6.07) is 18.9. The monoisotopic (exact) mass is 573 g/mol. The van der Waals surface area contributed by atoms with Crippen LogP contribution in [-0.4, -0.2) is 29.4 Å². The number of carbonyl (C=O) groups excluding carboxylic acids is 3. The molecule has 1 aliphatic carbocycles. The Hall–Kier alpha value is -3.02. The van der Waals surface area contributed by atoms with Crippen molar-refractivity contribution in [3.63, 3.8) is 0 Å². The van der Waals surface area contributed by atoms with Crippen molar-refractivity contribution in [1.82, 2.24) is 0 Å². The summed E-state index contributed by atoms with van der Waals surface area (Å²) in [5.74, 6) is -1.14. The topological polar surface area (TPSA) is 54.5 Å². The van der Waals surface area contributed by atoms with E-state index in [-0.39, 0.29) is 17.3 Å². The van der Waals surface area contributed by atoms with Gasteiger partial charge in [0.15, 0.2) is 17.3 Å². The molecular formula is C31H25BrClNO3. The average molecular weight is 575 g/mol. The van der Waals surface area contributed by atoms with E-state index < -0.39 is 28.8 Å². The van der Waals surface area contributed by atoms with Crippen LogP contribution in [0.25, 0.3) is 6.08 Å². The van der Waals surface area contributed by atoms with E-state index in [1.807, 2.05) is 74.2 Å². The first-order valence-corrected chi connectivity index (χ1v) is 13.5. The largest absolute Gasteiger partial charge is 0.352 e. The van der Waals surface area contributed by atoms with Gasteiger partial charge in [-0.25, -0.2) is 0 Å². The minimum Gasteiger partial charge on any atom is -0.352 e. The van der Waals surface area contributed by atoms with Crippen LogP contribution in [0, 0.1) is 10.8 Å². The van der Waals surface area contributed by atoms with E-state index in [2.05, 4.69) is 15.9 Å². The van der Waals surface area contributed by atoms with Gasteiger partial charge in [-0.3, -0.25) is 14.4 Å². The Morgan fingerprint density at radius 1 is 0.946 bits per heavy atom. The Kier molecular flexibility index (Phi) is 5.42. The van der Waals surface area contributed by atoms with Gasteiger partial charge in [0.05, 0.1) is 12.1 Å². The molecule has 6 rings (SSSR count). The maximum Gasteiger partial charge on any atom is 0.180 e. The highest BCUT2D eigenvalue weighted by molar-refractivity contribution is 9.10. The van der Waals surface area contributed by atoms with Gasteiger partial charge >= 0.3 is 0 Å². The standard InChI is InChI=1S/C31H25BrClNO3/c1-30(2,3)29(37)26-25(17-8-11-19(32)12-9-17)31(27(35)21-6-4-5-7-22(21)28(31)36)24-15-10-18-16-20(33)13-14-23(18)34(24)26/h4-16,24-26H,1-3H3/t24-,25+,26-/m1/s1. The van der Waals surface area contributed by atoms with Crippen LogP contribution < -0.4 is 4.90 Å². The summed E-state index contributed by atoms with van der Waals surface area (Å²) in [4.78, 5) is 45.4. The van der Waals surface area contributed by atoms with Crippen LogP contribution in [0.3, 0.4) is 0 Å². The first-order chi connectivity index (χ1) is 17.6. The molecule has 6 heteroatoms. The Labute approximate surface area is 229 Å². The summed E-state index contributed by atoms with van der Waals surface area (Å²) in [6.45, 7) is 5.68. The smallest absolute Gasteiger partial charge is 0.180 e. The van der Waals surface area contributed by atoms with Gasteiger partial charge in [0, 0.05) is 37.6 Å². The van der Waals surface area contributed by atoms with Crippen LogP contribution in [0.2, 0.25) is 5.02 Å². The van der Waals surface area contributed by atoms with Crippen molar-refractivity contribution < 1.29 is 14.4 Å². The van der Waals surface area contributed by atoms with Crippen LogP contribution in [0.4, 0.5) is 5.69 Å². The normalized spacial score (nSPS) is 23.3. The van der Waals surface area contributed by atoms with Crippen LogP contribution in [-0.2, 0) is 4.79 Å². The first-order valence-electron chi connectivity index (χ1n) is 12.3. The van der Waals surface area contributed by atoms with Gasteiger partial charge in [-0.1, -0.05) is 96.9 Å². The highest BCUT2D eigenvalue weighted by Gasteiger charge is 2.71. The van der Waals surface area contributed by atoms with Gasteiger partial charge in [0.2, 0.25) is 0 Å². The number of ketones is 3. The number of fused-ring (bicyclic) bond motifs is 5. The van der Waals surface area contributed by atoms with Crippen molar-refractivity contribution in [3.8, 4) is 0 Å². The second-order valence-electron chi connectivity index (χ2n) is 11.1. The molecule has 0 saturated carbocycles. The minimum absolute atomic E-state index is 0.0185. The molecule has 1 fully saturated rings. The molecular weight excluding hydrogens is 550 g/mol. The number of benzene rings is 3. The van der Waals surface area contributed by atoms with Crippen LogP contribution in [0.1, 0.15) is 58.5 Å². The predicted molar refractivity (Wildman–Crippen MR) is 149 cm³/mol. The lowest BCUT2D eigenvalue weighted by Gasteiger charge is -2.38. The molecule has 0 aromatic heterocycles. The zero-order valence-corrected chi connectivity index (χ0v) is 23.0. The summed E-state index contributed by atoms with van der Waals surface area (Å²) in [5, 5.41) is 0.583. The van der Waals surface area contributed by atoms with Crippen LogP contribution in [0.5, 0.6) is 0 Å². The van der Waals surface area contributed by atoms with E-state index in [9.17, 15) is 14.4 Å². The number of hydrogen-bond acceptors (Lipinski definition) is 4. The molecule has 2 heterocycles. The molecule has 186 valence electrons. The molecule has 0 amide bonds. The van der Waals surface area contributed by atoms with E-state index in [0.717, 1.165) is 21.3 Å². The Bertz CT molecular complexity index is 1480. The summed E-state index contributed by atoms with van der Waals surface area (Å²) >= 11 is 9.83. The number of carbonyl (C=O) groups is 3. The molecule has 3 aliphatic rings. The lowest BCUT2D eigenvalue weighted by Crippen LogP contribution is -2.49. The molecule has 37 heavy (non-hydrogen) atoms. The Balaban J connectivity index is 1.70. The van der Waals surface area contributed by atoms with Gasteiger partial charge in [0.1, 0.15) is 5.41 Å². The van der Waals surface area contributed by atoms with E-state index in [4.69, 9.17) is 11.6 Å². The van der Waals surface area contributed by atoms with Gasteiger partial charge in [-0.05, 0) is 41.5 Å². The fourth-order valence-electron chi connectivity index (χ4n) is 6.43. The minimum atomic E-state index is -1.48. The molecule has 0 bridgehead atoms. The fraction of sp³-hybridized carbons (Fsp3) is 0.258. The summed E-state index contributed by atoms with van der Waals surface area (Å²) in [7, 11) is 0. The number of Topliss-reactive ketones (excluding diaryl/α,β-unsaturated/α-hetero) is 3. The molecule has 1 spiro atoms. The van der Waals surface area contributed by atoms with Crippen LogP contribution >= 0.6 is 27.5 Å². The second-order valence-corrected chi connectivity index (χ2v) is 12.4. The quantitative estimate of drug-likeness (QED) is 0.305. The molecule has 3 atom stereocenters. The highest BCUT2D eigenvalue weighted by atomic mass is 79.9. The third kappa shape index (κ3) is 3.30. The van der Waals surface area contributed by atoms with Gasteiger partial charge in [0.25, 0.3) is 0 Å². The maximum atomic E-state index is 14.5. The third-order valence-corrected chi connectivity index (χ3v) is 8.77. The number of rotatable bonds is 2. The molecule has 3 aromatic carbocycles. The van der Waals surface area contributed by atoms with Crippen molar-refractivity contribution in [2.24, 2.45) is 10.8 Å². The van der Waals surface area contributed by atoms with Crippen molar-refractivity contribution in [2.75, 3.05) is 4.90 Å². The zero-order chi connectivity index (χ0) is 26.3. The van der Waals surface area contributed by atoms with E-state index in [1.165, 1.54) is 0 Å². The van der Waals surface area contributed by atoms with Crippen LogP contribution in [0.15, 0.2) is 77.3 Å². The van der Waals surface area contributed by atoms with E-state index in [0.29, 0.717) is 16.1 Å². The van der Waals surface area contributed by atoms with Crippen molar-refractivity contribution in [3.05, 3.63) is 105 Å². The van der Waals surface area contributed by atoms with Gasteiger partial charge in [-0.15, -0.1) is 0 Å². The zero-order valence-electron chi connectivity index (χ0n) is 20.7. The molecule has 3 aromatic rings. The SMILES string of the molecule is CC(C)(C)C(=O)[C@H]1[C@H](c2ccc(Br)cc2)C2(C(=O)c3ccccc3C2=O)[C@H]2C=Cc3cc(Cl)ccc3N12. The van der Waals surface area contributed by atoms with Crippen molar-refractivity contribution in [2.45, 2.75) is 38.8 Å². The fourth-order valence-corrected chi connectivity index (χ4v) is 6.88. The lowest BCUT2D eigenvalue weighted by molar-refractivity contribution is -0.127. The van der Waals surface area contributed by atoms with Crippen molar-refractivity contribution in [1.29, 1.82) is 0 Å². The van der Waals surface area contributed by atoms with E-state index >= 15 is 0 Å². The second kappa shape index (κ2) is 8.24. The molecule has 0 N–H and O–H groups in total. The van der Waals surface area contributed by atoms with E-state index in [1.54, 1.807) is 30.3 Å². The summed E-state index contributed by atoms with van der Waals surface area (Å²) in [5.41, 5.74) is 1.12. The van der Waals surface area contributed by atoms with Gasteiger partial charge in [-0.2, -0.15) is 0 Å². The van der Waals surface area contributed by atoms with Crippen molar-refractivity contribution >= 4 is 56.6 Å². The number of nitrogens with zero attached hydrogens (tertiary/aromatic N) is 1.